The summed E-state index contributed by atoms with van der Waals surface area (Å²) in [6.07, 6.45) is 0.121. The van der Waals surface area contributed by atoms with Crippen molar-refractivity contribution in [3.8, 4) is 11.5 Å². The first kappa shape index (κ1) is 10.8. The molecule has 0 bridgehead atoms. The van der Waals surface area contributed by atoms with Crippen molar-refractivity contribution in [2.75, 3.05) is 13.9 Å². The van der Waals surface area contributed by atoms with Crippen LogP contribution in [0.3, 0.4) is 0 Å². The van der Waals surface area contributed by atoms with E-state index < -0.39 is 6.04 Å². The number of methoxy groups -OCH3 is 1. The first-order valence-electron chi connectivity index (χ1n) is 4.93. The molecule has 0 spiro atoms. The van der Waals surface area contributed by atoms with E-state index in [0.29, 0.717) is 11.5 Å². The minimum Gasteiger partial charge on any atom is -0.469 e. The van der Waals surface area contributed by atoms with Gasteiger partial charge in [0, 0.05) is 11.6 Å². The molecule has 1 atom stereocenters. The Balaban J connectivity index is 2.20. The summed E-state index contributed by atoms with van der Waals surface area (Å²) in [7, 11) is 1.34. The molecule has 0 unspecified atom stereocenters. The number of hydrogen-bond acceptors (Lipinski definition) is 5. The summed E-state index contributed by atoms with van der Waals surface area (Å²) in [5, 5.41) is 0. The Hall–Kier alpha value is -1.75. The van der Waals surface area contributed by atoms with Gasteiger partial charge in [-0.2, -0.15) is 0 Å². The van der Waals surface area contributed by atoms with Crippen LogP contribution in [0.4, 0.5) is 0 Å². The topological polar surface area (TPSA) is 70.8 Å². The van der Waals surface area contributed by atoms with E-state index >= 15 is 0 Å². The Labute approximate surface area is 93.1 Å². The van der Waals surface area contributed by atoms with Crippen LogP contribution >= 0.6 is 0 Å². The average molecular weight is 223 g/mol. The summed E-state index contributed by atoms with van der Waals surface area (Å²) in [6.45, 7) is 0.192. The molecule has 1 heterocycles. The van der Waals surface area contributed by atoms with E-state index in [1.807, 2.05) is 12.1 Å². The zero-order valence-corrected chi connectivity index (χ0v) is 8.93. The van der Waals surface area contributed by atoms with E-state index in [0.717, 1.165) is 5.56 Å². The number of carbonyl (C=O) groups excluding carboxylic acids is 1. The van der Waals surface area contributed by atoms with Gasteiger partial charge in [0.25, 0.3) is 0 Å². The van der Waals surface area contributed by atoms with Gasteiger partial charge in [-0.15, -0.1) is 0 Å². The van der Waals surface area contributed by atoms with Crippen molar-refractivity contribution in [2.45, 2.75) is 12.5 Å². The van der Waals surface area contributed by atoms with Gasteiger partial charge in [-0.05, 0) is 6.07 Å². The summed E-state index contributed by atoms with van der Waals surface area (Å²) < 4.78 is 15.1. The van der Waals surface area contributed by atoms with Gasteiger partial charge in [0.2, 0.25) is 6.79 Å². The molecule has 1 aliphatic heterocycles. The van der Waals surface area contributed by atoms with Gasteiger partial charge in [-0.1, -0.05) is 12.1 Å². The standard InChI is InChI=1S/C11H13NO4/c1-14-10(13)5-8(12)7-3-2-4-9-11(7)16-6-15-9/h2-4,8H,5-6,12H2,1H3/t8-/m0/s1. The SMILES string of the molecule is COC(=O)C[C@H](N)c1cccc2c1OCO2. The second-order valence-electron chi connectivity index (χ2n) is 3.47. The van der Waals surface area contributed by atoms with Gasteiger partial charge < -0.3 is 19.9 Å². The minimum atomic E-state index is -0.441. The average Bonchev–Trinajstić information content (AvgIpc) is 2.76. The number of nitrogens with two attached hydrogens (primary N) is 1. The van der Waals surface area contributed by atoms with E-state index in [1.165, 1.54) is 7.11 Å². The molecule has 5 nitrogen and oxygen atoms in total. The second kappa shape index (κ2) is 4.40. The fourth-order valence-electron chi connectivity index (χ4n) is 1.62. The lowest BCUT2D eigenvalue weighted by molar-refractivity contribution is -0.141. The zero-order valence-electron chi connectivity index (χ0n) is 8.93. The van der Waals surface area contributed by atoms with Crippen molar-refractivity contribution < 1.29 is 19.0 Å². The molecule has 0 aromatic heterocycles. The Morgan fingerprint density at radius 3 is 3.12 bits per heavy atom. The fraction of sp³-hybridized carbons (Fsp3) is 0.364. The summed E-state index contributed by atoms with van der Waals surface area (Å²) in [5.74, 6) is 0.945. The lowest BCUT2D eigenvalue weighted by atomic mass is 10.0. The monoisotopic (exact) mass is 223 g/mol. The van der Waals surface area contributed by atoms with Gasteiger partial charge >= 0.3 is 5.97 Å². The maximum Gasteiger partial charge on any atom is 0.307 e. The molecular weight excluding hydrogens is 210 g/mol. The Bertz CT molecular complexity index is 405. The van der Waals surface area contributed by atoms with E-state index in [2.05, 4.69) is 4.74 Å². The molecular formula is C11H13NO4. The molecule has 0 saturated carbocycles. The van der Waals surface area contributed by atoms with Crippen molar-refractivity contribution in [1.82, 2.24) is 0 Å². The minimum absolute atomic E-state index is 0.121. The molecule has 0 fully saturated rings. The normalized spacial score (nSPS) is 14.6. The van der Waals surface area contributed by atoms with Crippen molar-refractivity contribution in [3.05, 3.63) is 23.8 Å². The number of para-hydroxylation sites is 1. The van der Waals surface area contributed by atoms with E-state index in [4.69, 9.17) is 15.2 Å². The van der Waals surface area contributed by atoms with Gasteiger partial charge in [-0.3, -0.25) is 4.79 Å². The second-order valence-corrected chi connectivity index (χ2v) is 3.47. The molecule has 1 aromatic rings. The van der Waals surface area contributed by atoms with Gasteiger partial charge in [0.05, 0.1) is 13.5 Å². The van der Waals surface area contributed by atoms with Crippen LogP contribution < -0.4 is 15.2 Å². The summed E-state index contributed by atoms with van der Waals surface area (Å²) in [5.41, 5.74) is 6.67. The lowest BCUT2D eigenvalue weighted by Crippen LogP contribution is -2.16. The molecule has 86 valence electrons. The number of rotatable bonds is 3. The molecule has 5 heteroatoms. The van der Waals surface area contributed by atoms with E-state index in [1.54, 1.807) is 6.07 Å². The molecule has 1 aliphatic rings. The van der Waals surface area contributed by atoms with Gasteiger partial charge in [0.1, 0.15) is 0 Å². The molecule has 0 aliphatic carbocycles. The van der Waals surface area contributed by atoms with Crippen molar-refractivity contribution >= 4 is 5.97 Å². The van der Waals surface area contributed by atoms with Crippen LogP contribution in [0.15, 0.2) is 18.2 Å². The Morgan fingerprint density at radius 2 is 2.38 bits per heavy atom. The van der Waals surface area contributed by atoms with E-state index in [9.17, 15) is 4.79 Å². The first-order chi connectivity index (χ1) is 7.72. The van der Waals surface area contributed by atoms with Crippen molar-refractivity contribution in [2.24, 2.45) is 5.73 Å². The third-order valence-corrected chi connectivity index (χ3v) is 2.44. The highest BCUT2D eigenvalue weighted by Crippen LogP contribution is 2.38. The summed E-state index contributed by atoms with van der Waals surface area (Å²) in [4.78, 5) is 11.1. The third kappa shape index (κ3) is 1.94. The molecule has 0 radical (unpaired) electrons. The highest BCUT2D eigenvalue weighted by atomic mass is 16.7. The van der Waals surface area contributed by atoms with Crippen molar-refractivity contribution in [3.63, 3.8) is 0 Å². The van der Waals surface area contributed by atoms with Crippen LogP contribution in [0.1, 0.15) is 18.0 Å². The highest BCUT2D eigenvalue weighted by Gasteiger charge is 2.22. The Morgan fingerprint density at radius 1 is 1.56 bits per heavy atom. The number of fused-ring (bicyclic) bond motifs is 1. The maximum absolute atomic E-state index is 11.1. The first-order valence-corrected chi connectivity index (χ1v) is 4.93. The molecule has 0 amide bonds. The number of benzene rings is 1. The van der Waals surface area contributed by atoms with Crippen molar-refractivity contribution in [1.29, 1.82) is 0 Å². The molecule has 0 saturated heterocycles. The molecule has 1 aromatic carbocycles. The lowest BCUT2D eigenvalue weighted by Gasteiger charge is -2.12. The van der Waals surface area contributed by atoms with Gasteiger partial charge in [-0.25, -0.2) is 0 Å². The van der Waals surface area contributed by atoms with Crippen LogP contribution in [0.25, 0.3) is 0 Å². The van der Waals surface area contributed by atoms with Crippen LogP contribution in [-0.2, 0) is 9.53 Å². The number of esters is 1. The molecule has 2 N–H and O–H groups in total. The molecule has 2 rings (SSSR count). The number of carbonyl (C=O) groups is 1. The molecule has 16 heavy (non-hydrogen) atoms. The van der Waals surface area contributed by atoms with Crippen LogP contribution in [0.5, 0.6) is 11.5 Å². The zero-order chi connectivity index (χ0) is 11.5. The van der Waals surface area contributed by atoms with Crippen LogP contribution in [-0.4, -0.2) is 19.9 Å². The predicted molar refractivity (Wildman–Crippen MR) is 56.1 cm³/mol. The van der Waals surface area contributed by atoms with Crippen LogP contribution in [0.2, 0.25) is 0 Å². The largest absolute Gasteiger partial charge is 0.469 e. The predicted octanol–water partition coefficient (Wildman–Crippen LogP) is 0.978. The summed E-state index contributed by atoms with van der Waals surface area (Å²) in [6, 6.07) is 5.00. The quantitative estimate of drug-likeness (QED) is 0.773. The Kier molecular flexibility index (Phi) is 2.96. The third-order valence-electron chi connectivity index (χ3n) is 2.44. The highest BCUT2D eigenvalue weighted by molar-refractivity contribution is 5.70. The fourth-order valence-corrected chi connectivity index (χ4v) is 1.62. The maximum atomic E-state index is 11.1. The van der Waals surface area contributed by atoms with E-state index in [-0.39, 0.29) is 19.2 Å². The smallest absolute Gasteiger partial charge is 0.307 e. The summed E-state index contributed by atoms with van der Waals surface area (Å²) >= 11 is 0. The van der Waals surface area contributed by atoms with Gasteiger partial charge in [0.15, 0.2) is 11.5 Å². The number of ether oxygens (including phenoxy) is 3. The number of hydrogen-bond donors (Lipinski definition) is 1. The van der Waals surface area contributed by atoms with Crippen LogP contribution in [0, 0.1) is 0 Å².